The molecule has 0 radical (unpaired) electrons. The summed E-state index contributed by atoms with van der Waals surface area (Å²) < 4.78 is 0. The fourth-order valence-electron chi connectivity index (χ4n) is 8.86. The number of allylic oxidation sites excluding steroid dienone is 7. The molecule has 0 fully saturated rings. The molecule has 0 aromatic rings. The van der Waals surface area contributed by atoms with Gasteiger partial charge in [-0.3, -0.25) is 4.79 Å². The van der Waals surface area contributed by atoms with E-state index < -0.39 is 24.2 Å². The minimum absolute atomic E-state index is 0.381. The molecule has 0 aromatic heterocycles. The zero-order valence-corrected chi connectivity index (χ0v) is 43.6. The van der Waals surface area contributed by atoms with Crippen LogP contribution in [-0.4, -0.2) is 46.1 Å². The van der Waals surface area contributed by atoms with Gasteiger partial charge < -0.3 is 20.6 Å². The molecule has 0 rings (SSSR count). The van der Waals surface area contributed by atoms with Crippen LogP contribution in [0.2, 0.25) is 0 Å². The van der Waals surface area contributed by atoms with Crippen molar-refractivity contribution in [1.82, 2.24) is 5.32 Å². The summed E-state index contributed by atoms with van der Waals surface area (Å²) >= 11 is 0. The van der Waals surface area contributed by atoms with Crippen molar-refractivity contribution in [3.8, 4) is 0 Å². The zero-order chi connectivity index (χ0) is 47.2. The molecule has 4 N–H and O–H groups in total. The van der Waals surface area contributed by atoms with Gasteiger partial charge in [-0.15, -0.1) is 0 Å². The topological polar surface area (TPSA) is 89.8 Å². The molecule has 0 aliphatic rings. The summed E-state index contributed by atoms with van der Waals surface area (Å²) in [4.78, 5) is 12.5. The normalized spacial score (nSPS) is 13.6. The number of hydrogen-bond donors (Lipinski definition) is 4. The molecule has 0 spiro atoms. The van der Waals surface area contributed by atoms with Crippen LogP contribution >= 0.6 is 0 Å². The summed E-state index contributed by atoms with van der Waals surface area (Å²) in [6.07, 6.45) is 73.7. The van der Waals surface area contributed by atoms with Gasteiger partial charge in [0.25, 0.3) is 0 Å². The van der Waals surface area contributed by atoms with Crippen molar-refractivity contribution in [3.63, 3.8) is 0 Å². The predicted molar refractivity (Wildman–Crippen MR) is 287 cm³/mol. The van der Waals surface area contributed by atoms with E-state index in [0.717, 1.165) is 44.9 Å². The van der Waals surface area contributed by atoms with Gasteiger partial charge in [-0.05, 0) is 70.6 Å². The lowest BCUT2D eigenvalue weighted by molar-refractivity contribution is -0.131. The highest BCUT2D eigenvalue weighted by molar-refractivity contribution is 5.80. The number of carbonyl (C=O) groups excluding carboxylic acids is 1. The molecule has 0 aliphatic carbocycles. The van der Waals surface area contributed by atoms with Gasteiger partial charge in [-0.25, -0.2) is 0 Å². The summed E-state index contributed by atoms with van der Waals surface area (Å²) in [5, 5.41) is 33.2. The largest absolute Gasteiger partial charge is 0.394 e. The van der Waals surface area contributed by atoms with Crippen LogP contribution in [0.25, 0.3) is 0 Å². The van der Waals surface area contributed by atoms with Crippen molar-refractivity contribution >= 4 is 5.91 Å². The maximum Gasteiger partial charge on any atom is 0.249 e. The van der Waals surface area contributed by atoms with Crippen LogP contribution in [0.3, 0.4) is 0 Å². The molecule has 0 saturated carbocycles. The van der Waals surface area contributed by atoms with Gasteiger partial charge in [0.1, 0.15) is 6.10 Å². The molecule has 0 aromatic carbocycles. The Balaban J connectivity index is 3.47. The van der Waals surface area contributed by atoms with E-state index in [1.807, 2.05) is 6.08 Å². The van der Waals surface area contributed by atoms with Gasteiger partial charge in [0, 0.05) is 0 Å². The zero-order valence-electron chi connectivity index (χ0n) is 43.6. The molecule has 0 bridgehead atoms. The maximum absolute atomic E-state index is 12.5. The highest BCUT2D eigenvalue weighted by Gasteiger charge is 2.22. The van der Waals surface area contributed by atoms with E-state index in [9.17, 15) is 20.1 Å². The number of amides is 1. The average molecular weight is 913 g/mol. The Morgan fingerprint density at radius 2 is 0.631 bits per heavy atom. The fraction of sp³-hybridized carbons (Fsp3) is 0.850. The molecule has 3 unspecified atom stereocenters. The van der Waals surface area contributed by atoms with Crippen LogP contribution in [0.4, 0.5) is 0 Å². The second kappa shape index (κ2) is 54.9. The lowest BCUT2D eigenvalue weighted by Gasteiger charge is -2.21. The Kier molecular flexibility index (Phi) is 53.5. The Hall–Kier alpha value is -1.69. The smallest absolute Gasteiger partial charge is 0.249 e. The molecular formula is C60H113NO4. The van der Waals surface area contributed by atoms with Gasteiger partial charge in [0.05, 0.1) is 18.8 Å². The molecule has 382 valence electrons. The molecular weight excluding hydrogens is 799 g/mol. The Bertz CT molecular complexity index is 1050. The lowest BCUT2D eigenvalue weighted by atomic mass is 10.0. The van der Waals surface area contributed by atoms with Crippen LogP contribution in [0.1, 0.15) is 303 Å². The molecule has 5 nitrogen and oxygen atoms in total. The van der Waals surface area contributed by atoms with Crippen LogP contribution in [-0.2, 0) is 4.79 Å². The Morgan fingerprint density at radius 1 is 0.369 bits per heavy atom. The summed E-state index contributed by atoms with van der Waals surface area (Å²) in [6, 6.07) is -0.821. The number of aliphatic hydroxyl groups is 3. The lowest BCUT2D eigenvalue weighted by Crippen LogP contribution is -2.48. The third-order valence-corrected chi connectivity index (χ3v) is 13.4. The first-order valence-electron chi connectivity index (χ1n) is 29.0. The summed E-state index contributed by atoms with van der Waals surface area (Å²) in [5.74, 6) is -0.516. The van der Waals surface area contributed by atoms with E-state index in [2.05, 4.69) is 55.6 Å². The van der Waals surface area contributed by atoms with Crippen molar-refractivity contribution in [2.75, 3.05) is 6.61 Å². The van der Waals surface area contributed by atoms with Crippen LogP contribution in [0, 0.1) is 0 Å². The molecule has 65 heavy (non-hydrogen) atoms. The molecule has 1 amide bonds. The van der Waals surface area contributed by atoms with E-state index in [-0.39, 0.29) is 6.61 Å². The number of aliphatic hydroxyl groups excluding tert-OH is 3. The first kappa shape index (κ1) is 63.3. The number of hydrogen-bond acceptors (Lipinski definition) is 4. The number of carbonyl (C=O) groups is 1. The van der Waals surface area contributed by atoms with Crippen LogP contribution < -0.4 is 5.32 Å². The maximum atomic E-state index is 12.5. The van der Waals surface area contributed by atoms with Crippen molar-refractivity contribution in [1.29, 1.82) is 0 Å². The highest BCUT2D eigenvalue weighted by atomic mass is 16.3. The van der Waals surface area contributed by atoms with Crippen molar-refractivity contribution in [2.24, 2.45) is 0 Å². The average Bonchev–Trinajstić information content (AvgIpc) is 3.31. The Labute approximate surface area is 406 Å². The monoisotopic (exact) mass is 912 g/mol. The van der Waals surface area contributed by atoms with Crippen molar-refractivity contribution in [2.45, 2.75) is 321 Å². The predicted octanol–water partition coefficient (Wildman–Crippen LogP) is 18.0. The van der Waals surface area contributed by atoms with E-state index in [0.29, 0.717) is 6.42 Å². The fourth-order valence-corrected chi connectivity index (χ4v) is 8.86. The second-order valence-corrected chi connectivity index (χ2v) is 19.8. The first-order chi connectivity index (χ1) is 32.1. The van der Waals surface area contributed by atoms with Crippen molar-refractivity contribution < 1.29 is 20.1 Å². The van der Waals surface area contributed by atoms with Gasteiger partial charge in [0.15, 0.2) is 0 Å². The summed E-state index contributed by atoms with van der Waals surface area (Å²) in [6.45, 7) is 4.15. The second-order valence-electron chi connectivity index (χ2n) is 19.8. The van der Waals surface area contributed by atoms with E-state index in [1.54, 1.807) is 6.08 Å². The van der Waals surface area contributed by atoms with Crippen LogP contribution in [0.15, 0.2) is 48.6 Å². The minimum Gasteiger partial charge on any atom is -0.394 e. The summed E-state index contributed by atoms with van der Waals surface area (Å²) in [5.41, 5.74) is 0. The van der Waals surface area contributed by atoms with Crippen molar-refractivity contribution in [3.05, 3.63) is 48.6 Å². The van der Waals surface area contributed by atoms with Gasteiger partial charge >= 0.3 is 0 Å². The number of nitrogens with one attached hydrogen (secondary N) is 1. The Morgan fingerprint density at radius 3 is 0.969 bits per heavy atom. The molecule has 0 aliphatic heterocycles. The van der Waals surface area contributed by atoms with Gasteiger partial charge in [0.2, 0.25) is 5.91 Å². The van der Waals surface area contributed by atoms with Crippen LogP contribution in [0.5, 0.6) is 0 Å². The van der Waals surface area contributed by atoms with E-state index in [4.69, 9.17) is 0 Å². The number of unbranched alkanes of at least 4 members (excludes halogenated alkanes) is 39. The SMILES string of the molecule is CCCCC/C=C/CC/C=C/CC/C=C/C(O)C(CO)NC(=O)C(O)CCCCCCCCCCCCCCCCCC/C=C\CCCCCCCCCCCCCCCCCCCC. The third-order valence-electron chi connectivity index (χ3n) is 13.4. The quantitative estimate of drug-likeness (QED) is 0.0361. The van der Waals surface area contributed by atoms with Gasteiger partial charge in [-0.2, -0.15) is 0 Å². The highest BCUT2D eigenvalue weighted by Crippen LogP contribution is 2.17. The first-order valence-corrected chi connectivity index (χ1v) is 29.0. The van der Waals surface area contributed by atoms with E-state index in [1.165, 1.54) is 238 Å². The third kappa shape index (κ3) is 50.0. The van der Waals surface area contributed by atoms with E-state index >= 15 is 0 Å². The summed E-state index contributed by atoms with van der Waals surface area (Å²) in [7, 11) is 0. The molecule has 0 heterocycles. The number of rotatable bonds is 53. The standard InChI is InChI=1S/C60H113NO4/c1-3-5-7-9-11-13-15-17-18-19-20-21-22-23-24-25-26-27-28-29-30-31-32-33-34-35-36-37-38-39-40-41-43-45-47-49-51-53-55-59(64)60(65)61-57(56-62)58(63)54-52-50-48-46-44-42-16-14-12-10-8-6-4-2/h12,14,29-30,44,46,52,54,57-59,62-64H,3-11,13,15-28,31-43,45,47-51,53,55-56H2,1-2H3,(H,61,65)/b14-12+,30-29-,46-44+,54-52+. The molecule has 5 heteroatoms. The van der Waals surface area contributed by atoms with Gasteiger partial charge in [-0.1, -0.05) is 281 Å². The minimum atomic E-state index is -1.11. The molecule has 3 atom stereocenters. The molecule has 0 saturated heterocycles.